The largest absolute Gasteiger partial charge is 0.353 e. The summed E-state index contributed by atoms with van der Waals surface area (Å²) in [5, 5.41) is 3.12. The minimum absolute atomic E-state index is 0.0512. The molecule has 2 rings (SSSR count). The predicted octanol–water partition coefficient (Wildman–Crippen LogP) is 2.69. The summed E-state index contributed by atoms with van der Waals surface area (Å²) in [6.07, 6.45) is 3.02. The molecule has 1 saturated heterocycles. The standard InChI is InChI=1S/C19H28N2O2/c1-14(2)19(23)21-12-10-17(11-13-21)20-18(22)9-8-16-7-5-4-6-15(16)3/h4-7,14,17H,8-13H2,1-3H3,(H,20,22). The Labute approximate surface area is 139 Å². The molecule has 4 heteroatoms. The maximum Gasteiger partial charge on any atom is 0.225 e. The Morgan fingerprint density at radius 1 is 1.22 bits per heavy atom. The van der Waals surface area contributed by atoms with Crippen LogP contribution in [0, 0.1) is 12.8 Å². The molecular weight excluding hydrogens is 288 g/mol. The number of nitrogens with zero attached hydrogens (tertiary/aromatic N) is 1. The Bertz CT molecular complexity index is 546. The molecule has 23 heavy (non-hydrogen) atoms. The summed E-state index contributed by atoms with van der Waals surface area (Å²) in [5.41, 5.74) is 2.47. The highest BCUT2D eigenvalue weighted by molar-refractivity contribution is 5.78. The van der Waals surface area contributed by atoms with Gasteiger partial charge in [0, 0.05) is 31.5 Å². The lowest BCUT2D eigenvalue weighted by Crippen LogP contribution is -2.47. The number of benzene rings is 1. The van der Waals surface area contributed by atoms with Crippen molar-refractivity contribution < 1.29 is 9.59 Å². The molecule has 0 radical (unpaired) electrons. The molecule has 0 atom stereocenters. The van der Waals surface area contributed by atoms with Gasteiger partial charge in [0.1, 0.15) is 0 Å². The molecule has 0 aliphatic carbocycles. The molecule has 1 aliphatic heterocycles. The molecule has 4 nitrogen and oxygen atoms in total. The fourth-order valence-electron chi connectivity index (χ4n) is 3.05. The summed E-state index contributed by atoms with van der Waals surface area (Å²) >= 11 is 0. The molecule has 1 fully saturated rings. The number of hydrogen-bond acceptors (Lipinski definition) is 2. The van der Waals surface area contributed by atoms with Gasteiger partial charge in [0.2, 0.25) is 11.8 Å². The Balaban J connectivity index is 1.73. The van der Waals surface area contributed by atoms with Gasteiger partial charge in [-0.25, -0.2) is 0 Å². The van der Waals surface area contributed by atoms with Crippen molar-refractivity contribution in [3.8, 4) is 0 Å². The number of carbonyl (C=O) groups is 2. The van der Waals surface area contributed by atoms with E-state index in [2.05, 4.69) is 24.4 Å². The van der Waals surface area contributed by atoms with E-state index in [4.69, 9.17) is 0 Å². The van der Waals surface area contributed by atoms with Gasteiger partial charge in [0.05, 0.1) is 0 Å². The van der Waals surface area contributed by atoms with Crippen LogP contribution in [0.5, 0.6) is 0 Å². The highest BCUT2D eigenvalue weighted by atomic mass is 16.2. The topological polar surface area (TPSA) is 49.4 Å². The van der Waals surface area contributed by atoms with Gasteiger partial charge in [-0.3, -0.25) is 9.59 Å². The van der Waals surface area contributed by atoms with Crippen LogP contribution in [0.1, 0.15) is 44.2 Å². The van der Waals surface area contributed by atoms with E-state index < -0.39 is 0 Å². The Morgan fingerprint density at radius 3 is 2.48 bits per heavy atom. The van der Waals surface area contributed by atoms with Crippen LogP contribution >= 0.6 is 0 Å². The zero-order chi connectivity index (χ0) is 16.8. The minimum atomic E-state index is 0.0512. The van der Waals surface area contributed by atoms with Crippen LogP contribution in [-0.2, 0) is 16.0 Å². The zero-order valence-corrected chi connectivity index (χ0v) is 14.5. The number of hydrogen-bond donors (Lipinski definition) is 1. The first kappa shape index (κ1) is 17.5. The van der Waals surface area contributed by atoms with Gasteiger partial charge in [0.15, 0.2) is 0 Å². The van der Waals surface area contributed by atoms with Gasteiger partial charge in [-0.2, -0.15) is 0 Å². The second-order valence-electron chi connectivity index (χ2n) is 6.75. The smallest absolute Gasteiger partial charge is 0.225 e. The van der Waals surface area contributed by atoms with Crippen LogP contribution in [-0.4, -0.2) is 35.8 Å². The molecular formula is C19H28N2O2. The van der Waals surface area contributed by atoms with E-state index >= 15 is 0 Å². The van der Waals surface area contributed by atoms with Crippen LogP contribution in [0.25, 0.3) is 0 Å². The summed E-state index contributed by atoms with van der Waals surface area (Å²) in [6.45, 7) is 7.44. The normalized spacial score (nSPS) is 15.7. The second-order valence-corrected chi connectivity index (χ2v) is 6.75. The Kier molecular flexibility index (Phi) is 6.20. The van der Waals surface area contributed by atoms with Gasteiger partial charge in [0.25, 0.3) is 0 Å². The average molecular weight is 316 g/mol. The van der Waals surface area contributed by atoms with E-state index in [0.717, 1.165) is 32.4 Å². The van der Waals surface area contributed by atoms with Crippen LogP contribution in [0.4, 0.5) is 0 Å². The Hall–Kier alpha value is -1.84. The number of nitrogens with one attached hydrogen (secondary N) is 1. The lowest BCUT2D eigenvalue weighted by atomic mass is 10.0. The molecule has 0 spiro atoms. The zero-order valence-electron chi connectivity index (χ0n) is 14.5. The SMILES string of the molecule is Cc1ccccc1CCC(=O)NC1CCN(C(=O)C(C)C)CC1. The van der Waals surface area contributed by atoms with E-state index in [1.807, 2.05) is 30.9 Å². The van der Waals surface area contributed by atoms with Crippen molar-refractivity contribution in [1.82, 2.24) is 10.2 Å². The van der Waals surface area contributed by atoms with Gasteiger partial charge < -0.3 is 10.2 Å². The summed E-state index contributed by atoms with van der Waals surface area (Å²) in [6, 6.07) is 8.40. The fraction of sp³-hybridized carbons (Fsp3) is 0.579. The quantitative estimate of drug-likeness (QED) is 0.908. The molecule has 0 unspecified atom stereocenters. The lowest BCUT2D eigenvalue weighted by Gasteiger charge is -2.33. The third kappa shape index (κ3) is 5.08. The second kappa shape index (κ2) is 8.14. The van der Waals surface area contributed by atoms with E-state index in [-0.39, 0.29) is 23.8 Å². The third-order valence-electron chi connectivity index (χ3n) is 4.55. The number of piperidine rings is 1. The molecule has 0 bridgehead atoms. The molecule has 0 aromatic heterocycles. The first-order chi connectivity index (χ1) is 11.0. The lowest BCUT2D eigenvalue weighted by molar-refractivity contribution is -0.135. The van der Waals surface area contributed by atoms with Crippen molar-refractivity contribution in [1.29, 1.82) is 0 Å². The van der Waals surface area contributed by atoms with Crippen molar-refractivity contribution in [3.05, 3.63) is 35.4 Å². The molecule has 1 aromatic rings. The summed E-state index contributed by atoms with van der Waals surface area (Å²) in [7, 11) is 0. The summed E-state index contributed by atoms with van der Waals surface area (Å²) in [4.78, 5) is 26.0. The van der Waals surface area contributed by atoms with Gasteiger partial charge in [-0.1, -0.05) is 38.1 Å². The highest BCUT2D eigenvalue weighted by Gasteiger charge is 2.24. The van der Waals surface area contributed by atoms with Crippen molar-refractivity contribution >= 4 is 11.8 Å². The van der Waals surface area contributed by atoms with Crippen LogP contribution in [0.15, 0.2) is 24.3 Å². The van der Waals surface area contributed by atoms with E-state index in [9.17, 15) is 9.59 Å². The molecule has 126 valence electrons. The van der Waals surface area contributed by atoms with Crippen LogP contribution < -0.4 is 5.32 Å². The highest BCUT2D eigenvalue weighted by Crippen LogP contribution is 2.14. The van der Waals surface area contributed by atoms with Gasteiger partial charge >= 0.3 is 0 Å². The third-order valence-corrected chi connectivity index (χ3v) is 4.55. The number of likely N-dealkylation sites (tertiary alicyclic amines) is 1. The van der Waals surface area contributed by atoms with Crippen molar-refractivity contribution in [2.45, 2.75) is 52.5 Å². The van der Waals surface area contributed by atoms with E-state index in [1.165, 1.54) is 11.1 Å². The van der Waals surface area contributed by atoms with Crippen molar-refractivity contribution in [2.24, 2.45) is 5.92 Å². The van der Waals surface area contributed by atoms with Crippen molar-refractivity contribution in [2.75, 3.05) is 13.1 Å². The molecule has 0 saturated carbocycles. The molecule has 1 aliphatic rings. The number of rotatable bonds is 5. The Morgan fingerprint density at radius 2 is 1.87 bits per heavy atom. The average Bonchev–Trinajstić information content (AvgIpc) is 2.54. The van der Waals surface area contributed by atoms with Crippen molar-refractivity contribution in [3.63, 3.8) is 0 Å². The van der Waals surface area contributed by atoms with Crippen LogP contribution in [0.2, 0.25) is 0 Å². The molecule has 1 heterocycles. The number of amides is 2. The monoisotopic (exact) mass is 316 g/mol. The van der Waals surface area contributed by atoms with Gasteiger partial charge in [-0.15, -0.1) is 0 Å². The van der Waals surface area contributed by atoms with E-state index in [1.54, 1.807) is 0 Å². The first-order valence-electron chi connectivity index (χ1n) is 8.60. The van der Waals surface area contributed by atoms with Crippen LogP contribution in [0.3, 0.4) is 0 Å². The summed E-state index contributed by atoms with van der Waals surface area (Å²) < 4.78 is 0. The number of aryl methyl sites for hydroxylation is 2. The maximum atomic E-state index is 12.1. The summed E-state index contributed by atoms with van der Waals surface area (Å²) in [5.74, 6) is 0.381. The minimum Gasteiger partial charge on any atom is -0.353 e. The molecule has 1 N–H and O–H groups in total. The fourth-order valence-corrected chi connectivity index (χ4v) is 3.05. The molecule has 1 aromatic carbocycles. The number of carbonyl (C=O) groups excluding carboxylic acids is 2. The first-order valence-corrected chi connectivity index (χ1v) is 8.60. The van der Waals surface area contributed by atoms with Gasteiger partial charge in [-0.05, 0) is 37.3 Å². The molecule has 2 amide bonds. The maximum absolute atomic E-state index is 12.1. The predicted molar refractivity (Wildman–Crippen MR) is 92.1 cm³/mol. The van der Waals surface area contributed by atoms with E-state index in [0.29, 0.717) is 6.42 Å².